The summed E-state index contributed by atoms with van der Waals surface area (Å²) in [5.74, 6) is 1.43. The number of aliphatic hydroxyl groups is 1. The first-order valence-electron chi connectivity index (χ1n) is 5.48. The lowest BCUT2D eigenvalue weighted by molar-refractivity contribution is 0.266. The molecule has 0 aliphatic heterocycles. The smallest absolute Gasteiger partial charge is 0.191 e. The van der Waals surface area contributed by atoms with E-state index < -0.39 is 0 Å². The highest BCUT2D eigenvalue weighted by molar-refractivity contribution is 9.10. The van der Waals surface area contributed by atoms with Crippen molar-refractivity contribution in [3.63, 3.8) is 0 Å². The van der Waals surface area contributed by atoms with E-state index in [1.807, 2.05) is 17.7 Å². The molecule has 0 saturated carbocycles. The first kappa shape index (κ1) is 13.6. The van der Waals surface area contributed by atoms with Crippen molar-refractivity contribution in [2.75, 3.05) is 0 Å². The molecule has 1 N–H and O–H groups in total. The maximum Gasteiger partial charge on any atom is 0.191 e. The number of hydrogen-bond donors (Lipinski definition) is 1. The van der Waals surface area contributed by atoms with Gasteiger partial charge in [0.25, 0.3) is 0 Å². The van der Waals surface area contributed by atoms with Crippen LogP contribution < -0.4 is 0 Å². The molecule has 0 radical (unpaired) electrons. The highest BCUT2D eigenvalue weighted by Gasteiger charge is 2.09. The lowest BCUT2D eigenvalue weighted by Crippen LogP contribution is -1.98. The molecule has 0 aliphatic rings. The largest absolute Gasteiger partial charge is 0.388 e. The van der Waals surface area contributed by atoms with Crippen LogP contribution in [0.15, 0.2) is 27.8 Å². The topological polar surface area (TPSA) is 50.9 Å². The summed E-state index contributed by atoms with van der Waals surface area (Å²) in [7, 11) is 1.86. The van der Waals surface area contributed by atoms with Gasteiger partial charge in [0.2, 0.25) is 0 Å². The van der Waals surface area contributed by atoms with Gasteiger partial charge in [0.05, 0.1) is 0 Å². The minimum atomic E-state index is -0.0820. The maximum absolute atomic E-state index is 9.05. The molecule has 0 saturated heterocycles. The third kappa shape index (κ3) is 2.93. The van der Waals surface area contributed by atoms with Crippen molar-refractivity contribution in [1.29, 1.82) is 0 Å². The Balaban J connectivity index is 2.09. The number of nitrogens with zero attached hydrogens (tertiary/aromatic N) is 3. The molecule has 4 nitrogen and oxygen atoms in total. The zero-order valence-electron chi connectivity index (χ0n) is 10.2. The number of hydrogen-bond acceptors (Lipinski definition) is 4. The van der Waals surface area contributed by atoms with Crippen LogP contribution in [0.25, 0.3) is 0 Å². The van der Waals surface area contributed by atoms with Crippen molar-refractivity contribution in [3.05, 3.63) is 39.6 Å². The Hall–Kier alpha value is -0.850. The number of aliphatic hydroxyl groups excluding tert-OH is 1. The van der Waals surface area contributed by atoms with E-state index in [1.165, 1.54) is 11.1 Å². The van der Waals surface area contributed by atoms with Crippen LogP contribution in [0.1, 0.15) is 17.0 Å². The zero-order chi connectivity index (χ0) is 13.1. The van der Waals surface area contributed by atoms with Gasteiger partial charge < -0.3 is 9.67 Å². The monoisotopic (exact) mass is 327 g/mol. The molecule has 0 fully saturated rings. The number of aromatic nitrogens is 3. The van der Waals surface area contributed by atoms with Crippen molar-refractivity contribution in [2.45, 2.75) is 24.4 Å². The quantitative estimate of drug-likeness (QED) is 0.877. The molecular weight excluding hydrogens is 314 g/mol. The van der Waals surface area contributed by atoms with Crippen LogP contribution >= 0.6 is 27.7 Å². The van der Waals surface area contributed by atoms with Crippen LogP contribution in [0.2, 0.25) is 0 Å². The fourth-order valence-corrected chi connectivity index (χ4v) is 3.05. The van der Waals surface area contributed by atoms with Crippen molar-refractivity contribution >= 4 is 27.7 Å². The third-order valence-electron chi connectivity index (χ3n) is 2.73. The Morgan fingerprint density at radius 2 is 2.17 bits per heavy atom. The standard InChI is InChI=1S/C12H14BrN3OS/c1-8-5-10(13)4-3-9(8)7-18-12-15-14-11(6-17)16(12)2/h3-5,17H,6-7H2,1-2H3. The number of benzene rings is 1. The molecule has 96 valence electrons. The average molecular weight is 328 g/mol. The van der Waals surface area contributed by atoms with E-state index in [0.717, 1.165) is 15.4 Å². The molecule has 1 heterocycles. The van der Waals surface area contributed by atoms with Gasteiger partial charge in [-0.2, -0.15) is 0 Å². The second-order valence-corrected chi connectivity index (χ2v) is 5.83. The third-order valence-corrected chi connectivity index (χ3v) is 4.29. The lowest BCUT2D eigenvalue weighted by Gasteiger charge is -2.06. The van der Waals surface area contributed by atoms with Crippen molar-refractivity contribution in [3.8, 4) is 0 Å². The summed E-state index contributed by atoms with van der Waals surface area (Å²) < 4.78 is 2.91. The van der Waals surface area contributed by atoms with Gasteiger partial charge in [-0.05, 0) is 30.2 Å². The summed E-state index contributed by atoms with van der Waals surface area (Å²) in [6.45, 7) is 2.01. The minimum absolute atomic E-state index is 0.0820. The van der Waals surface area contributed by atoms with Crippen molar-refractivity contribution in [1.82, 2.24) is 14.8 Å². The van der Waals surface area contributed by atoms with E-state index in [0.29, 0.717) is 5.82 Å². The van der Waals surface area contributed by atoms with Crippen molar-refractivity contribution < 1.29 is 5.11 Å². The Morgan fingerprint density at radius 1 is 1.39 bits per heavy atom. The molecular formula is C12H14BrN3OS. The zero-order valence-corrected chi connectivity index (χ0v) is 12.6. The molecule has 18 heavy (non-hydrogen) atoms. The molecule has 0 unspecified atom stereocenters. The molecule has 0 aliphatic carbocycles. The fraction of sp³-hybridized carbons (Fsp3) is 0.333. The SMILES string of the molecule is Cc1cc(Br)ccc1CSc1nnc(CO)n1C. The van der Waals surface area contributed by atoms with Gasteiger partial charge in [-0.25, -0.2) is 0 Å². The summed E-state index contributed by atoms with van der Waals surface area (Å²) >= 11 is 5.07. The molecule has 6 heteroatoms. The summed E-state index contributed by atoms with van der Waals surface area (Å²) in [6.07, 6.45) is 0. The predicted octanol–water partition coefficient (Wildman–Crippen LogP) is 2.67. The van der Waals surface area contributed by atoms with Gasteiger partial charge in [0.15, 0.2) is 11.0 Å². The summed E-state index contributed by atoms with van der Waals surface area (Å²) in [4.78, 5) is 0. The lowest BCUT2D eigenvalue weighted by atomic mass is 10.1. The van der Waals surface area contributed by atoms with Crippen LogP contribution in [-0.2, 0) is 19.4 Å². The van der Waals surface area contributed by atoms with E-state index in [4.69, 9.17) is 5.11 Å². The molecule has 0 amide bonds. The van der Waals surface area contributed by atoms with E-state index in [2.05, 4.69) is 45.2 Å². The van der Waals surface area contributed by atoms with Crippen LogP contribution in [0.3, 0.4) is 0 Å². The summed E-state index contributed by atoms with van der Waals surface area (Å²) in [5.41, 5.74) is 2.53. The van der Waals surface area contributed by atoms with Gasteiger partial charge >= 0.3 is 0 Å². The maximum atomic E-state index is 9.05. The van der Waals surface area contributed by atoms with E-state index in [1.54, 1.807) is 11.8 Å². The van der Waals surface area contributed by atoms with Crippen LogP contribution in [0, 0.1) is 6.92 Å². The average Bonchev–Trinajstić information content (AvgIpc) is 2.69. The van der Waals surface area contributed by atoms with Gasteiger partial charge in [0.1, 0.15) is 6.61 Å². The van der Waals surface area contributed by atoms with Crippen LogP contribution in [0.5, 0.6) is 0 Å². The minimum Gasteiger partial charge on any atom is -0.388 e. The molecule has 2 rings (SSSR count). The van der Waals surface area contributed by atoms with Gasteiger partial charge in [-0.15, -0.1) is 10.2 Å². The Morgan fingerprint density at radius 3 is 2.78 bits per heavy atom. The van der Waals surface area contributed by atoms with E-state index >= 15 is 0 Å². The second-order valence-electron chi connectivity index (χ2n) is 3.98. The normalized spacial score (nSPS) is 10.9. The molecule has 0 bridgehead atoms. The Kier molecular flexibility index (Phi) is 4.42. The molecule has 2 aromatic rings. The Labute approximate surface area is 119 Å². The van der Waals surface area contributed by atoms with E-state index in [-0.39, 0.29) is 6.61 Å². The van der Waals surface area contributed by atoms with E-state index in [9.17, 15) is 0 Å². The van der Waals surface area contributed by atoms with Gasteiger partial charge in [-0.3, -0.25) is 0 Å². The van der Waals surface area contributed by atoms with Crippen LogP contribution in [0.4, 0.5) is 0 Å². The predicted molar refractivity (Wildman–Crippen MR) is 75.4 cm³/mol. The van der Waals surface area contributed by atoms with Gasteiger partial charge in [-0.1, -0.05) is 33.8 Å². The number of aryl methyl sites for hydroxylation is 1. The first-order valence-corrected chi connectivity index (χ1v) is 7.26. The number of thioether (sulfide) groups is 1. The fourth-order valence-electron chi connectivity index (χ4n) is 1.57. The highest BCUT2D eigenvalue weighted by atomic mass is 79.9. The molecule has 0 spiro atoms. The molecule has 1 aromatic heterocycles. The highest BCUT2D eigenvalue weighted by Crippen LogP contribution is 2.24. The van der Waals surface area contributed by atoms with Crippen LogP contribution in [-0.4, -0.2) is 19.9 Å². The summed E-state index contributed by atoms with van der Waals surface area (Å²) in [5, 5.41) is 17.8. The Bertz CT molecular complexity index is 556. The number of halogens is 1. The van der Waals surface area contributed by atoms with Gasteiger partial charge in [0, 0.05) is 17.3 Å². The molecule has 0 atom stereocenters. The van der Waals surface area contributed by atoms with Crippen molar-refractivity contribution in [2.24, 2.45) is 7.05 Å². The first-order chi connectivity index (χ1) is 8.61. The number of rotatable bonds is 4. The molecule has 1 aromatic carbocycles. The second kappa shape index (κ2) is 5.86. The summed E-state index contributed by atoms with van der Waals surface area (Å²) in [6, 6.07) is 6.25.